The van der Waals surface area contributed by atoms with Crippen LogP contribution in [0.15, 0.2) is 30.6 Å². The third-order valence-corrected chi connectivity index (χ3v) is 5.00. The summed E-state index contributed by atoms with van der Waals surface area (Å²) in [7, 11) is 0. The highest BCUT2D eigenvalue weighted by Gasteiger charge is 2.34. The molecule has 0 spiro atoms. The van der Waals surface area contributed by atoms with E-state index in [0.29, 0.717) is 44.1 Å². The molecule has 3 aromatic rings. The first-order chi connectivity index (χ1) is 14.9. The third-order valence-electron chi connectivity index (χ3n) is 5.00. The number of aromatic nitrogens is 5. The van der Waals surface area contributed by atoms with Crippen LogP contribution in [0.3, 0.4) is 0 Å². The molecule has 0 bridgehead atoms. The largest absolute Gasteiger partial charge is 0.450 e. The first-order valence-electron chi connectivity index (χ1n) is 9.79. The maximum absolute atomic E-state index is 13.3. The van der Waals surface area contributed by atoms with Crippen molar-refractivity contribution in [2.75, 3.05) is 25.0 Å². The highest BCUT2D eigenvalue weighted by molar-refractivity contribution is 5.68. The smallest absolute Gasteiger partial charge is 0.418 e. The molecule has 12 heteroatoms. The molecular weight excluding hydrogens is 415 g/mol. The van der Waals surface area contributed by atoms with Crippen LogP contribution in [0.5, 0.6) is 0 Å². The number of nitrogens with zero attached hydrogens (tertiary/aromatic N) is 6. The van der Waals surface area contributed by atoms with Crippen molar-refractivity contribution in [3.8, 4) is 11.3 Å². The van der Waals surface area contributed by atoms with Crippen LogP contribution in [0.2, 0.25) is 0 Å². The summed E-state index contributed by atoms with van der Waals surface area (Å²) in [6.07, 6.45) is -0.870. The molecule has 0 radical (unpaired) electrons. The number of carbonyl (C=O) groups is 1. The van der Waals surface area contributed by atoms with E-state index in [-0.39, 0.29) is 23.4 Å². The molecule has 4 rings (SSSR count). The van der Waals surface area contributed by atoms with Crippen molar-refractivity contribution in [1.82, 2.24) is 29.7 Å². The van der Waals surface area contributed by atoms with E-state index in [2.05, 4.69) is 25.6 Å². The van der Waals surface area contributed by atoms with Gasteiger partial charge in [-0.2, -0.15) is 22.8 Å². The van der Waals surface area contributed by atoms with Gasteiger partial charge in [0.05, 0.1) is 24.1 Å². The van der Waals surface area contributed by atoms with E-state index in [4.69, 9.17) is 4.74 Å². The molecule has 9 nitrogen and oxygen atoms in total. The zero-order valence-corrected chi connectivity index (χ0v) is 16.6. The number of piperidine rings is 1. The van der Waals surface area contributed by atoms with Gasteiger partial charge in [0.25, 0.3) is 0 Å². The van der Waals surface area contributed by atoms with Gasteiger partial charge in [-0.15, -0.1) is 10.2 Å². The lowest BCUT2D eigenvalue weighted by Gasteiger charge is -2.31. The average Bonchev–Trinajstić information content (AvgIpc) is 3.16. The van der Waals surface area contributed by atoms with Crippen LogP contribution in [0, 0.1) is 0 Å². The SMILES string of the molecule is CCOC(=O)N1CCC(Nc2nnc3cc(-c4ncccc4C(F)(F)F)cnn23)CC1. The highest BCUT2D eigenvalue weighted by Crippen LogP contribution is 2.35. The Hall–Kier alpha value is -3.44. The fourth-order valence-corrected chi connectivity index (χ4v) is 3.48. The normalized spacial score (nSPS) is 15.3. The Morgan fingerprint density at radius 2 is 2.06 bits per heavy atom. The minimum absolute atomic E-state index is 0.0483. The van der Waals surface area contributed by atoms with Gasteiger partial charge in [0.15, 0.2) is 5.65 Å². The summed E-state index contributed by atoms with van der Waals surface area (Å²) in [5.41, 5.74) is -0.564. The lowest BCUT2D eigenvalue weighted by Crippen LogP contribution is -2.42. The molecule has 3 aromatic heterocycles. The molecule has 1 saturated heterocycles. The van der Waals surface area contributed by atoms with Crippen LogP contribution in [0.25, 0.3) is 16.9 Å². The number of halogens is 3. The second kappa shape index (κ2) is 8.36. The second-order valence-corrected chi connectivity index (χ2v) is 7.04. The number of carbonyl (C=O) groups excluding carboxylic acids is 1. The van der Waals surface area contributed by atoms with Gasteiger partial charge < -0.3 is 15.0 Å². The highest BCUT2D eigenvalue weighted by atomic mass is 19.4. The number of hydrogen-bond donors (Lipinski definition) is 1. The van der Waals surface area contributed by atoms with E-state index >= 15 is 0 Å². The zero-order chi connectivity index (χ0) is 22.0. The molecule has 0 aromatic carbocycles. The number of alkyl halides is 3. The van der Waals surface area contributed by atoms with Gasteiger partial charge >= 0.3 is 12.3 Å². The van der Waals surface area contributed by atoms with Gasteiger partial charge in [0, 0.05) is 30.9 Å². The van der Waals surface area contributed by atoms with Gasteiger partial charge in [-0.25, -0.2) is 4.79 Å². The molecule has 1 aliphatic heterocycles. The third kappa shape index (κ3) is 4.37. The summed E-state index contributed by atoms with van der Waals surface area (Å²) in [5, 5.41) is 15.5. The van der Waals surface area contributed by atoms with Crippen LogP contribution in [-0.2, 0) is 10.9 Å². The minimum Gasteiger partial charge on any atom is -0.450 e. The summed E-state index contributed by atoms with van der Waals surface area (Å²) in [6.45, 7) is 3.19. The lowest BCUT2D eigenvalue weighted by atomic mass is 10.1. The standard InChI is InChI=1S/C19H20F3N7O2/c1-2-31-18(30)28-8-5-13(6-9-28)25-17-27-26-15-10-12(11-24-29(15)17)16-14(19(20,21)22)4-3-7-23-16/h3-4,7,10-11,13H,2,5-6,8-9H2,1H3,(H,25,27). The monoisotopic (exact) mass is 435 g/mol. The average molecular weight is 435 g/mol. The molecule has 1 fully saturated rings. The van der Waals surface area contributed by atoms with Crippen LogP contribution < -0.4 is 5.32 Å². The Kier molecular flexibility index (Phi) is 5.61. The number of rotatable bonds is 4. The molecule has 164 valence electrons. The summed E-state index contributed by atoms with van der Waals surface area (Å²) >= 11 is 0. The maximum Gasteiger partial charge on any atom is 0.418 e. The number of nitrogens with one attached hydrogen (secondary N) is 1. The maximum atomic E-state index is 13.3. The molecule has 0 saturated carbocycles. The van der Waals surface area contributed by atoms with Gasteiger partial charge in [-0.05, 0) is 38.0 Å². The fraction of sp³-hybridized carbons (Fsp3) is 0.421. The van der Waals surface area contributed by atoms with E-state index in [1.165, 1.54) is 29.0 Å². The number of hydrogen-bond acceptors (Lipinski definition) is 7. The van der Waals surface area contributed by atoms with E-state index in [1.54, 1.807) is 11.8 Å². The van der Waals surface area contributed by atoms with Crippen LogP contribution >= 0.6 is 0 Å². The molecule has 31 heavy (non-hydrogen) atoms. The zero-order valence-electron chi connectivity index (χ0n) is 16.6. The predicted octanol–water partition coefficient (Wildman–Crippen LogP) is 3.24. The van der Waals surface area contributed by atoms with E-state index in [0.717, 1.165) is 6.07 Å². The van der Waals surface area contributed by atoms with E-state index in [9.17, 15) is 18.0 Å². The van der Waals surface area contributed by atoms with Crippen LogP contribution in [0.1, 0.15) is 25.3 Å². The lowest BCUT2D eigenvalue weighted by molar-refractivity contribution is -0.137. The number of fused-ring (bicyclic) bond motifs is 1. The number of amides is 1. The number of pyridine rings is 1. The Bertz CT molecular complexity index is 1080. The summed E-state index contributed by atoms with van der Waals surface area (Å²) in [5.74, 6) is 0.383. The molecule has 1 aliphatic rings. The van der Waals surface area contributed by atoms with Crippen molar-refractivity contribution in [2.24, 2.45) is 0 Å². The molecule has 1 N–H and O–H groups in total. The second-order valence-electron chi connectivity index (χ2n) is 7.04. The summed E-state index contributed by atoms with van der Waals surface area (Å²) in [4.78, 5) is 17.3. The van der Waals surface area contributed by atoms with Gasteiger partial charge in [0.1, 0.15) is 0 Å². The predicted molar refractivity (Wildman–Crippen MR) is 104 cm³/mol. The Morgan fingerprint density at radius 3 is 2.77 bits per heavy atom. The number of anilines is 1. The summed E-state index contributed by atoms with van der Waals surface area (Å²) < 4.78 is 46.3. The Balaban J connectivity index is 1.50. The molecular formula is C19H20F3N7O2. The Labute approximate surface area is 175 Å². The fourth-order valence-electron chi connectivity index (χ4n) is 3.48. The Morgan fingerprint density at radius 1 is 1.29 bits per heavy atom. The van der Waals surface area contributed by atoms with Crippen molar-refractivity contribution in [3.05, 3.63) is 36.2 Å². The first kappa shape index (κ1) is 20.8. The van der Waals surface area contributed by atoms with Crippen molar-refractivity contribution in [1.29, 1.82) is 0 Å². The molecule has 4 heterocycles. The quantitative estimate of drug-likeness (QED) is 0.672. The van der Waals surface area contributed by atoms with Crippen molar-refractivity contribution in [3.63, 3.8) is 0 Å². The van der Waals surface area contributed by atoms with Crippen molar-refractivity contribution < 1.29 is 22.7 Å². The van der Waals surface area contributed by atoms with Gasteiger partial charge in [0.2, 0.25) is 5.95 Å². The van der Waals surface area contributed by atoms with Crippen molar-refractivity contribution in [2.45, 2.75) is 32.0 Å². The van der Waals surface area contributed by atoms with Crippen molar-refractivity contribution >= 4 is 17.7 Å². The molecule has 0 atom stereocenters. The number of likely N-dealkylation sites (tertiary alicyclic amines) is 1. The van der Waals surface area contributed by atoms with E-state index < -0.39 is 11.7 Å². The minimum atomic E-state index is -4.53. The molecule has 1 amide bonds. The van der Waals surface area contributed by atoms with E-state index in [1.807, 2.05) is 0 Å². The van der Waals surface area contributed by atoms with Gasteiger partial charge in [-0.1, -0.05) is 0 Å². The van der Waals surface area contributed by atoms with Crippen LogP contribution in [0.4, 0.5) is 23.9 Å². The van der Waals surface area contributed by atoms with Gasteiger partial charge in [-0.3, -0.25) is 4.98 Å². The first-order valence-corrected chi connectivity index (χ1v) is 9.79. The topological polar surface area (TPSA) is 97.5 Å². The van der Waals surface area contributed by atoms with Crippen LogP contribution in [-0.4, -0.2) is 61.5 Å². The summed E-state index contributed by atoms with van der Waals surface area (Å²) in [6, 6.07) is 3.73. The number of ether oxygens (including phenoxy) is 1. The molecule has 0 unspecified atom stereocenters. The molecule has 0 aliphatic carbocycles.